The van der Waals surface area contributed by atoms with Gasteiger partial charge < -0.3 is 4.90 Å². The molecule has 0 radical (unpaired) electrons. The third kappa shape index (κ3) is 3.35. The fourth-order valence-corrected chi connectivity index (χ4v) is 6.75. The van der Waals surface area contributed by atoms with Crippen LogP contribution in [0.4, 0.5) is 10.1 Å². The minimum Gasteiger partial charge on any atom is -0.315 e. The van der Waals surface area contributed by atoms with Crippen LogP contribution in [0.5, 0.6) is 0 Å². The molecule has 5 nitrogen and oxygen atoms in total. The fourth-order valence-electron chi connectivity index (χ4n) is 2.64. The van der Waals surface area contributed by atoms with E-state index in [0.29, 0.717) is 10.9 Å². The van der Waals surface area contributed by atoms with Gasteiger partial charge in [-0.1, -0.05) is 23.4 Å². The lowest BCUT2D eigenvalue weighted by Crippen LogP contribution is -2.37. The summed E-state index contributed by atoms with van der Waals surface area (Å²) in [7, 11) is -3.17. The first-order valence-corrected chi connectivity index (χ1v) is 10.2. The van der Waals surface area contributed by atoms with Crippen LogP contribution >= 0.6 is 35.0 Å². The van der Waals surface area contributed by atoms with Crippen molar-refractivity contribution in [2.75, 3.05) is 22.3 Å². The number of nitrogens with zero attached hydrogens (tertiary/aromatic N) is 2. The van der Waals surface area contributed by atoms with Gasteiger partial charge >= 0.3 is 0 Å². The quantitative estimate of drug-likeness (QED) is 0.717. The van der Waals surface area contributed by atoms with Crippen LogP contribution in [0.25, 0.3) is 0 Å². The molecule has 3 rings (SSSR count). The average molecular weight is 397 g/mol. The first kappa shape index (κ1) is 17.0. The van der Waals surface area contributed by atoms with Crippen molar-refractivity contribution in [3.8, 4) is 0 Å². The summed E-state index contributed by atoms with van der Waals surface area (Å²) in [5, 5.41) is 0.0504. The average Bonchev–Trinajstić information content (AvgIpc) is 2.93. The first-order chi connectivity index (χ1) is 10.8. The third-order valence-corrected chi connectivity index (χ3v) is 7.33. The molecule has 0 aliphatic carbocycles. The standard InChI is InChI=1S/C13H11Cl2FN2O3S2/c14-4-12(19)17-13-18(7-1-2-8(15)9(16)3-7)10-5-23(20,21)6-11(10)22-13/h1-3,10-11H,4-6H2/t10-,11+/m1/s1. The summed E-state index contributed by atoms with van der Waals surface area (Å²) in [4.78, 5) is 17.0. The second-order valence-corrected chi connectivity index (χ2v) is 9.23. The molecule has 0 N–H and O–H groups in total. The Balaban J connectivity index is 2.04. The SMILES string of the molecule is O=C(CCl)N=C1S[C@H]2CS(=O)(=O)C[C@H]2N1c1ccc(Cl)c(F)c1. The van der Waals surface area contributed by atoms with Crippen molar-refractivity contribution in [2.45, 2.75) is 11.3 Å². The summed E-state index contributed by atoms with van der Waals surface area (Å²) in [5.41, 5.74) is 0.408. The molecule has 124 valence electrons. The Morgan fingerprint density at radius 3 is 2.83 bits per heavy atom. The lowest BCUT2D eigenvalue weighted by Gasteiger charge is -2.24. The van der Waals surface area contributed by atoms with Crippen molar-refractivity contribution in [2.24, 2.45) is 4.99 Å². The summed E-state index contributed by atoms with van der Waals surface area (Å²) in [6.45, 7) is 0. The highest BCUT2D eigenvalue weighted by Crippen LogP contribution is 2.41. The predicted octanol–water partition coefficient (Wildman–Crippen LogP) is 2.32. The van der Waals surface area contributed by atoms with Gasteiger partial charge in [-0.05, 0) is 18.2 Å². The zero-order chi connectivity index (χ0) is 16.8. The maximum Gasteiger partial charge on any atom is 0.262 e. The number of amides is 1. The highest BCUT2D eigenvalue weighted by molar-refractivity contribution is 8.16. The lowest BCUT2D eigenvalue weighted by atomic mass is 10.2. The summed E-state index contributed by atoms with van der Waals surface area (Å²) in [6.07, 6.45) is 0. The van der Waals surface area contributed by atoms with Crippen LogP contribution < -0.4 is 4.90 Å². The number of rotatable bonds is 2. The molecule has 2 saturated heterocycles. The van der Waals surface area contributed by atoms with E-state index in [1.807, 2.05) is 0 Å². The van der Waals surface area contributed by atoms with E-state index in [1.165, 1.54) is 23.9 Å². The second-order valence-electron chi connectivity index (χ2n) is 5.19. The van der Waals surface area contributed by atoms with E-state index in [2.05, 4.69) is 4.99 Å². The molecule has 0 unspecified atom stereocenters. The van der Waals surface area contributed by atoms with Crippen molar-refractivity contribution in [1.29, 1.82) is 0 Å². The van der Waals surface area contributed by atoms with Gasteiger partial charge in [0, 0.05) is 10.9 Å². The smallest absolute Gasteiger partial charge is 0.262 e. The highest BCUT2D eigenvalue weighted by Gasteiger charge is 2.49. The van der Waals surface area contributed by atoms with Crippen LogP contribution in [0.2, 0.25) is 5.02 Å². The summed E-state index contributed by atoms with van der Waals surface area (Å²) in [5.74, 6) is -1.50. The van der Waals surface area contributed by atoms with Crippen LogP contribution in [0.15, 0.2) is 23.2 Å². The van der Waals surface area contributed by atoms with Gasteiger partial charge in [-0.2, -0.15) is 4.99 Å². The Hall–Kier alpha value is -0.830. The number of fused-ring (bicyclic) bond motifs is 1. The number of sulfone groups is 1. The molecule has 2 aliphatic rings. The molecule has 0 aromatic heterocycles. The van der Waals surface area contributed by atoms with Crippen molar-refractivity contribution in [1.82, 2.24) is 0 Å². The number of thioether (sulfide) groups is 1. The first-order valence-electron chi connectivity index (χ1n) is 6.59. The number of aliphatic imine (C=N–C) groups is 1. The Labute approximate surface area is 146 Å². The zero-order valence-corrected chi connectivity index (χ0v) is 14.7. The van der Waals surface area contributed by atoms with E-state index in [-0.39, 0.29) is 27.7 Å². The molecule has 2 heterocycles. The maximum atomic E-state index is 13.8. The van der Waals surface area contributed by atoms with Gasteiger partial charge in [-0.15, -0.1) is 11.6 Å². The van der Waals surface area contributed by atoms with Gasteiger partial charge in [0.15, 0.2) is 15.0 Å². The molecule has 0 spiro atoms. The molecule has 2 fully saturated rings. The van der Waals surface area contributed by atoms with Crippen molar-refractivity contribution < 1.29 is 17.6 Å². The van der Waals surface area contributed by atoms with Crippen LogP contribution in [-0.4, -0.2) is 48.2 Å². The number of hydrogen-bond donors (Lipinski definition) is 0. The topological polar surface area (TPSA) is 66.8 Å². The molecule has 23 heavy (non-hydrogen) atoms. The van der Waals surface area contributed by atoms with E-state index in [1.54, 1.807) is 11.0 Å². The molecule has 2 atom stereocenters. The minimum absolute atomic E-state index is 0.00297. The molecule has 1 aromatic carbocycles. The van der Waals surface area contributed by atoms with Gasteiger partial charge in [0.05, 0.1) is 22.6 Å². The van der Waals surface area contributed by atoms with Gasteiger partial charge in [0.1, 0.15) is 11.7 Å². The number of carbonyl (C=O) groups is 1. The van der Waals surface area contributed by atoms with Crippen LogP contribution in [-0.2, 0) is 14.6 Å². The Morgan fingerprint density at radius 1 is 1.43 bits per heavy atom. The molecule has 1 amide bonds. The molecule has 1 aromatic rings. The second kappa shape index (κ2) is 6.23. The molecular formula is C13H11Cl2FN2O3S2. The largest absolute Gasteiger partial charge is 0.315 e. The third-order valence-electron chi connectivity index (χ3n) is 3.58. The van der Waals surface area contributed by atoms with Crippen molar-refractivity contribution >= 4 is 61.6 Å². The number of halogens is 3. The Morgan fingerprint density at radius 2 is 2.17 bits per heavy atom. The number of alkyl halides is 1. The van der Waals surface area contributed by atoms with Crippen LogP contribution in [0.1, 0.15) is 0 Å². The van der Waals surface area contributed by atoms with Gasteiger partial charge in [0.2, 0.25) is 0 Å². The molecular weight excluding hydrogens is 386 g/mol. The molecule has 0 saturated carbocycles. The summed E-state index contributed by atoms with van der Waals surface area (Å²) >= 11 is 12.4. The van der Waals surface area contributed by atoms with E-state index < -0.39 is 27.6 Å². The number of amidine groups is 1. The van der Waals surface area contributed by atoms with Gasteiger partial charge in [0.25, 0.3) is 5.91 Å². The normalized spacial score (nSPS) is 27.4. The van der Waals surface area contributed by atoms with Crippen molar-refractivity contribution in [3.63, 3.8) is 0 Å². The Bertz CT molecular complexity index is 800. The minimum atomic E-state index is -3.17. The summed E-state index contributed by atoms with van der Waals surface area (Å²) in [6, 6.07) is 3.76. The van der Waals surface area contributed by atoms with Crippen LogP contribution in [0.3, 0.4) is 0 Å². The van der Waals surface area contributed by atoms with Gasteiger partial charge in [-0.3, -0.25) is 4.79 Å². The number of hydrogen-bond acceptors (Lipinski definition) is 4. The molecule has 0 bridgehead atoms. The van der Waals surface area contributed by atoms with E-state index in [9.17, 15) is 17.6 Å². The van der Waals surface area contributed by atoms with Gasteiger partial charge in [-0.25, -0.2) is 12.8 Å². The Kier molecular flexibility index (Phi) is 4.61. The van der Waals surface area contributed by atoms with E-state index in [0.717, 1.165) is 0 Å². The lowest BCUT2D eigenvalue weighted by molar-refractivity contribution is -0.115. The van der Waals surface area contributed by atoms with E-state index in [4.69, 9.17) is 23.2 Å². The van der Waals surface area contributed by atoms with E-state index >= 15 is 0 Å². The maximum absolute atomic E-state index is 13.8. The summed E-state index contributed by atoms with van der Waals surface area (Å²) < 4.78 is 37.5. The zero-order valence-electron chi connectivity index (χ0n) is 11.6. The highest BCUT2D eigenvalue weighted by atomic mass is 35.5. The molecule has 2 aliphatic heterocycles. The monoisotopic (exact) mass is 396 g/mol. The predicted molar refractivity (Wildman–Crippen MR) is 90.9 cm³/mol. The van der Waals surface area contributed by atoms with Crippen LogP contribution in [0, 0.1) is 5.82 Å². The van der Waals surface area contributed by atoms with Crippen molar-refractivity contribution in [3.05, 3.63) is 29.0 Å². The number of benzene rings is 1. The fraction of sp³-hybridized carbons (Fsp3) is 0.385. The number of carbonyl (C=O) groups excluding carboxylic acids is 1. The molecule has 10 heteroatoms. The number of anilines is 1.